The van der Waals surface area contributed by atoms with Crippen LogP contribution in [-0.2, 0) is 31.7 Å². The summed E-state index contributed by atoms with van der Waals surface area (Å²) in [5, 5.41) is 0.548. The molecule has 0 N–H and O–H groups in total. The molecule has 0 aromatic heterocycles. The maximum Gasteiger partial charge on any atom is 0.306 e. The molecular weight excluding hydrogens is 468 g/mol. The third kappa shape index (κ3) is 7.09. The highest BCUT2D eigenvalue weighted by atomic mass is 35.5. The minimum absolute atomic E-state index is 0.548. The minimum Gasteiger partial charge on any atom is -0.474 e. The van der Waals surface area contributed by atoms with E-state index in [1.165, 1.54) is 12.0 Å². The standard InChI is InChI=1S/C28H35ClO4S/c1-6-22-14-8-11-17-25(22)31-28(18-12-7-13-19-28)21-20-26(2,3)32-34(30)33-27(4,5)23-15-9-10-16-24(23)29/h8-11,14-17H,6-7,12-13,18-19H2,1-5H3. The van der Waals surface area contributed by atoms with Gasteiger partial charge < -0.3 is 4.74 Å². The summed E-state index contributed by atoms with van der Waals surface area (Å²) in [5.74, 6) is 7.46. The van der Waals surface area contributed by atoms with Crippen LogP contribution >= 0.6 is 11.6 Å². The maximum absolute atomic E-state index is 12.8. The summed E-state index contributed by atoms with van der Waals surface area (Å²) in [5.41, 5.74) is -0.574. The molecule has 0 bridgehead atoms. The van der Waals surface area contributed by atoms with Crippen LogP contribution in [0.2, 0.25) is 5.02 Å². The summed E-state index contributed by atoms with van der Waals surface area (Å²) in [7, 11) is 0. The van der Waals surface area contributed by atoms with Crippen molar-refractivity contribution in [2.45, 2.75) is 89.9 Å². The highest BCUT2D eigenvalue weighted by molar-refractivity contribution is 7.75. The largest absolute Gasteiger partial charge is 0.474 e. The SMILES string of the molecule is CCc1ccccc1OC1(C#CC(C)(C)OS(=O)OC(C)(C)c2ccccc2Cl)CCCCC1. The number of para-hydroxylation sites is 1. The van der Waals surface area contributed by atoms with E-state index in [2.05, 4.69) is 24.8 Å². The molecule has 0 amide bonds. The number of aryl methyl sites for hydroxylation is 1. The van der Waals surface area contributed by atoms with Crippen LogP contribution in [0.3, 0.4) is 0 Å². The van der Waals surface area contributed by atoms with E-state index in [4.69, 9.17) is 24.7 Å². The van der Waals surface area contributed by atoms with Crippen molar-refractivity contribution in [3.8, 4) is 17.6 Å². The fraction of sp³-hybridized carbons (Fsp3) is 0.500. The molecule has 6 heteroatoms. The quantitative estimate of drug-likeness (QED) is 0.355. The van der Waals surface area contributed by atoms with Gasteiger partial charge in [-0.25, -0.2) is 4.18 Å². The lowest BCUT2D eigenvalue weighted by atomic mass is 9.84. The fourth-order valence-corrected chi connectivity index (χ4v) is 5.33. The zero-order valence-electron chi connectivity index (χ0n) is 20.8. The monoisotopic (exact) mass is 502 g/mol. The van der Waals surface area contributed by atoms with Crippen molar-refractivity contribution in [1.82, 2.24) is 0 Å². The number of benzene rings is 2. The van der Waals surface area contributed by atoms with Gasteiger partial charge in [0, 0.05) is 10.6 Å². The van der Waals surface area contributed by atoms with Crippen LogP contribution in [0.4, 0.5) is 0 Å². The van der Waals surface area contributed by atoms with E-state index in [1.54, 1.807) is 19.9 Å². The van der Waals surface area contributed by atoms with Crippen molar-refractivity contribution < 1.29 is 17.3 Å². The molecule has 3 rings (SSSR count). The molecule has 0 radical (unpaired) electrons. The first-order valence-corrected chi connectivity index (χ1v) is 13.3. The lowest BCUT2D eigenvalue weighted by Crippen LogP contribution is -2.38. The number of hydrogen-bond donors (Lipinski definition) is 0. The third-order valence-corrected chi connectivity index (χ3v) is 7.42. The summed E-state index contributed by atoms with van der Waals surface area (Å²) in [6, 6.07) is 15.5. The maximum atomic E-state index is 12.8. The van der Waals surface area contributed by atoms with Crippen LogP contribution in [0.15, 0.2) is 48.5 Å². The number of hydrogen-bond acceptors (Lipinski definition) is 4. The van der Waals surface area contributed by atoms with E-state index < -0.39 is 28.2 Å². The van der Waals surface area contributed by atoms with E-state index in [0.717, 1.165) is 43.4 Å². The van der Waals surface area contributed by atoms with Crippen LogP contribution in [0, 0.1) is 11.8 Å². The summed E-state index contributed by atoms with van der Waals surface area (Å²) < 4.78 is 30.8. The smallest absolute Gasteiger partial charge is 0.306 e. The molecule has 184 valence electrons. The molecule has 2 aromatic rings. The Morgan fingerprint density at radius 3 is 2.29 bits per heavy atom. The molecule has 1 aliphatic rings. The van der Waals surface area contributed by atoms with Crippen molar-refractivity contribution in [3.63, 3.8) is 0 Å². The fourth-order valence-electron chi connectivity index (χ4n) is 4.12. The Balaban J connectivity index is 1.76. The lowest BCUT2D eigenvalue weighted by Gasteiger charge is -2.34. The van der Waals surface area contributed by atoms with Gasteiger partial charge >= 0.3 is 11.4 Å². The Morgan fingerprint density at radius 1 is 0.971 bits per heavy atom. The van der Waals surface area contributed by atoms with E-state index in [9.17, 15) is 4.21 Å². The van der Waals surface area contributed by atoms with Gasteiger partial charge in [0.2, 0.25) is 0 Å². The molecule has 1 unspecified atom stereocenters. The molecule has 1 fully saturated rings. The van der Waals surface area contributed by atoms with Gasteiger partial charge in [-0.15, -0.1) is 0 Å². The Kier molecular flexibility index (Phi) is 8.87. The highest BCUT2D eigenvalue weighted by Crippen LogP contribution is 2.35. The highest BCUT2D eigenvalue weighted by Gasteiger charge is 2.35. The van der Waals surface area contributed by atoms with Gasteiger partial charge in [0.15, 0.2) is 5.60 Å². The van der Waals surface area contributed by atoms with E-state index >= 15 is 0 Å². The first-order valence-electron chi connectivity index (χ1n) is 11.9. The van der Waals surface area contributed by atoms with Crippen LogP contribution in [0.5, 0.6) is 5.75 Å². The summed E-state index contributed by atoms with van der Waals surface area (Å²) in [6.07, 6.45) is 5.90. The topological polar surface area (TPSA) is 44.8 Å². The van der Waals surface area contributed by atoms with E-state index in [1.807, 2.05) is 50.2 Å². The van der Waals surface area contributed by atoms with E-state index in [0.29, 0.717) is 5.02 Å². The molecule has 34 heavy (non-hydrogen) atoms. The Bertz CT molecular complexity index is 1060. The first kappa shape index (κ1) is 26.8. The van der Waals surface area contributed by atoms with Gasteiger partial charge in [-0.1, -0.05) is 73.2 Å². The van der Waals surface area contributed by atoms with Gasteiger partial charge in [0.25, 0.3) is 0 Å². The van der Waals surface area contributed by atoms with Crippen LogP contribution < -0.4 is 4.74 Å². The van der Waals surface area contributed by atoms with Crippen LogP contribution in [0.1, 0.15) is 77.8 Å². The average Bonchev–Trinajstić information content (AvgIpc) is 2.78. The number of rotatable bonds is 8. The second kappa shape index (κ2) is 11.3. The first-order chi connectivity index (χ1) is 16.1. The Hall–Kier alpha value is -1.84. The van der Waals surface area contributed by atoms with Crippen molar-refractivity contribution in [3.05, 3.63) is 64.7 Å². The molecule has 2 aromatic carbocycles. The predicted octanol–water partition coefficient (Wildman–Crippen LogP) is 7.31. The molecule has 0 aliphatic heterocycles. The van der Waals surface area contributed by atoms with Crippen molar-refractivity contribution in [2.75, 3.05) is 0 Å². The molecule has 0 heterocycles. The van der Waals surface area contributed by atoms with Gasteiger partial charge in [0.1, 0.15) is 17.0 Å². The van der Waals surface area contributed by atoms with Crippen molar-refractivity contribution >= 4 is 23.0 Å². The summed E-state index contributed by atoms with van der Waals surface area (Å²) >= 11 is 4.28. The number of ether oxygens (including phenoxy) is 1. The van der Waals surface area contributed by atoms with Crippen molar-refractivity contribution in [1.29, 1.82) is 0 Å². The zero-order valence-corrected chi connectivity index (χ0v) is 22.4. The molecular formula is C28H35ClO4S. The second-order valence-electron chi connectivity index (χ2n) is 9.74. The van der Waals surface area contributed by atoms with Crippen molar-refractivity contribution in [2.24, 2.45) is 0 Å². The lowest BCUT2D eigenvalue weighted by molar-refractivity contribution is 0.0759. The molecule has 1 aliphatic carbocycles. The Morgan fingerprint density at radius 2 is 1.62 bits per heavy atom. The molecule has 1 atom stereocenters. The Labute approximate surface area is 212 Å². The molecule has 0 saturated heterocycles. The summed E-state index contributed by atoms with van der Waals surface area (Å²) in [6.45, 7) is 9.33. The summed E-state index contributed by atoms with van der Waals surface area (Å²) in [4.78, 5) is 0. The minimum atomic E-state index is -2.03. The molecule has 1 saturated carbocycles. The predicted molar refractivity (Wildman–Crippen MR) is 139 cm³/mol. The molecule has 0 spiro atoms. The zero-order chi connectivity index (χ0) is 24.8. The normalized spacial score (nSPS) is 16.9. The van der Waals surface area contributed by atoms with Gasteiger partial charge in [0.05, 0.1) is 0 Å². The third-order valence-electron chi connectivity index (χ3n) is 5.99. The van der Waals surface area contributed by atoms with Crippen LogP contribution in [-0.4, -0.2) is 15.4 Å². The van der Waals surface area contributed by atoms with Gasteiger partial charge in [-0.05, 0) is 77.5 Å². The average molecular weight is 503 g/mol. The van der Waals surface area contributed by atoms with Gasteiger partial charge in [-0.3, -0.25) is 4.18 Å². The number of halogens is 1. The van der Waals surface area contributed by atoms with Crippen LogP contribution in [0.25, 0.3) is 0 Å². The van der Waals surface area contributed by atoms with Gasteiger partial charge in [-0.2, -0.15) is 4.21 Å². The molecule has 4 nitrogen and oxygen atoms in total. The van der Waals surface area contributed by atoms with E-state index in [-0.39, 0.29) is 0 Å². The second-order valence-corrected chi connectivity index (χ2v) is 10.9.